The number of ether oxygens (including phenoxy) is 1. The summed E-state index contributed by atoms with van der Waals surface area (Å²) in [5, 5.41) is 0. The first kappa shape index (κ1) is 14.3. The average Bonchev–Trinajstić information content (AvgIpc) is 2.93. The van der Waals surface area contributed by atoms with Gasteiger partial charge < -0.3 is 4.74 Å². The maximum Gasteiger partial charge on any atom is 0.338 e. The van der Waals surface area contributed by atoms with Crippen LogP contribution < -0.4 is 0 Å². The lowest BCUT2D eigenvalue weighted by molar-refractivity contribution is -0.136. The topological polar surface area (TPSA) is 26.3 Å². The molecular weight excluding hydrogens is 272 g/mol. The molecule has 0 saturated heterocycles. The van der Waals surface area contributed by atoms with E-state index in [4.69, 9.17) is 4.74 Å². The molecule has 0 fully saturated rings. The molecule has 110 valence electrons. The lowest BCUT2D eigenvalue weighted by atomic mass is 10.0. The molecule has 0 N–H and O–H groups in total. The minimum Gasteiger partial charge on any atom is -0.462 e. The summed E-state index contributed by atoms with van der Waals surface area (Å²) in [6, 6.07) is 18.1. The Labute approximate surface area is 130 Å². The summed E-state index contributed by atoms with van der Waals surface area (Å²) < 4.78 is 5.30. The lowest BCUT2D eigenvalue weighted by Crippen LogP contribution is -2.06. The maximum atomic E-state index is 12.2. The van der Waals surface area contributed by atoms with Crippen molar-refractivity contribution >= 4 is 23.2 Å². The smallest absolute Gasteiger partial charge is 0.338 e. The number of hydrogen-bond acceptors (Lipinski definition) is 2. The average molecular weight is 290 g/mol. The van der Waals surface area contributed by atoms with Crippen molar-refractivity contribution < 1.29 is 9.53 Å². The van der Waals surface area contributed by atoms with Gasteiger partial charge in [-0.05, 0) is 40.8 Å². The third kappa shape index (κ3) is 2.86. The van der Waals surface area contributed by atoms with E-state index in [1.165, 1.54) is 0 Å². The van der Waals surface area contributed by atoms with Crippen LogP contribution in [0.2, 0.25) is 0 Å². The largest absolute Gasteiger partial charge is 0.462 e. The highest BCUT2D eigenvalue weighted by atomic mass is 16.5. The van der Waals surface area contributed by atoms with Gasteiger partial charge in [-0.2, -0.15) is 0 Å². The summed E-state index contributed by atoms with van der Waals surface area (Å²) in [7, 11) is 0. The Kier molecular flexibility index (Phi) is 4.19. The number of benzene rings is 2. The van der Waals surface area contributed by atoms with E-state index >= 15 is 0 Å². The van der Waals surface area contributed by atoms with Crippen molar-refractivity contribution in [3.05, 3.63) is 77.4 Å². The minimum atomic E-state index is -0.245. The van der Waals surface area contributed by atoms with Crippen LogP contribution in [0.15, 0.2) is 60.7 Å². The van der Waals surface area contributed by atoms with E-state index in [0.29, 0.717) is 12.2 Å². The van der Waals surface area contributed by atoms with Crippen LogP contribution >= 0.6 is 0 Å². The molecule has 0 aliphatic heterocycles. The summed E-state index contributed by atoms with van der Waals surface area (Å²) in [5.41, 5.74) is 4.84. The second kappa shape index (κ2) is 6.44. The number of allylic oxidation sites excluding steroid dienone is 2. The zero-order valence-corrected chi connectivity index (χ0v) is 12.6. The summed E-state index contributed by atoms with van der Waals surface area (Å²) in [6.45, 7) is 2.45. The molecule has 2 heteroatoms. The highest BCUT2D eigenvalue weighted by Gasteiger charge is 2.23. The Morgan fingerprint density at radius 1 is 1.00 bits per heavy atom. The van der Waals surface area contributed by atoms with Gasteiger partial charge in [0.25, 0.3) is 0 Å². The highest BCUT2D eigenvalue weighted by Crippen LogP contribution is 2.36. The summed E-state index contributed by atoms with van der Waals surface area (Å²) in [5.74, 6) is -0.245. The van der Waals surface area contributed by atoms with Crippen molar-refractivity contribution in [2.45, 2.75) is 13.3 Å². The molecule has 3 rings (SSSR count). The number of rotatable bonds is 4. The van der Waals surface area contributed by atoms with Gasteiger partial charge in [0.2, 0.25) is 0 Å². The molecule has 0 saturated carbocycles. The van der Waals surface area contributed by atoms with Crippen molar-refractivity contribution in [1.29, 1.82) is 0 Å². The standard InChI is InChI=1S/C20H18O2/c1-2-12-22-20(21)19-14-16(13-15-8-4-3-5-9-15)17-10-6-7-11-18(17)19/h3-11,13-14H,2,12H2,1H3/b16-13+. The van der Waals surface area contributed by atoms with E-state index < -0.39 is 0 Å². The molecule has 0 atom stereocenters. The fourth-order valence-corrected chi connectivity index (χ4v) is 2.57. The van der Waals surface area contributed by atoms with Gasteiger partial charge in [0.05, 0.1) is 12.2 Å². The van der Waals surface area contributed by atoms with Gasteiger partial charge in [0.1, 0.15) is 0 Å². The van der Waals surface area contributed by atoms with E-state index in [2.05, 4.69) is 18.2 Å². The molecule has 0 heterocycles. The van der Waals surface area contributed by atoms with Crippen molar-refractivity contribution in [3.8, 4) is 0 Å². The molecule has 1 aliphatic carbocycles. The van der Waals surface area contributed by atoms with E-state index in [1.807, 2.05) is 55.5 Å². The molecule has 1 aliphatic rings. The number of carbonyl (C=O) groups excluding carboxylic acids is 1. The van der Waals surface area contributed by atoms with Gasteiger partial charge in [0, 0.05) is 0 Å². The van der Waals surface area contributed by atoms with Gasteiger partial charge in [-0.25, -0.2) is 4.79 Å². The Bertz CT molecular complexity index is 739. The second-order valence-corrected chi connectivity index (χ2v) is 5.25. The molecule has 22 heavy (non-hydrogen) atoms. The molecule has 0 bridgehead atoms. The van der Waals surface area contributed by atoms with Crippen LogP contribution in [0.25, 0.3) is 17.2 Å². The summed E-state index contributed by atoms with van der Waals surface area (Å²) in [4.78, 5) is 12.2. The number of fused-ring (bicyclic) bond motifs is 1. The van der Waals surface area contributed by atoms with Crippen molar-refractivity contribution in [2.75, 3.05) is 6.61 Å². The SMILES string of the molecule is CCCOC(=O)C1=C/C(=C\c2ccccc2)c2ccccc21. The zero-order valence-electron chi connectivity index (χ0n) is 12.6. The Morgan fingerprint density at radius 2 is 1.68 bits per heavy atom. The van der Waals surface area contributed by atoms with E-state index in [0.717, 1.165) is 28.7 Å². The van der Waals surface area contributed by atoms with Gasteiger partial charge in [-0.3, -0.25) is 0 Å². The lowest BCUT2D eigenvalue weighted by Gasteiger charge is -2.05. The highest BCUT2D eigenvalue weighted by molar-refractivity contribution is 6.24. The monoisotopic (exact) mass is 290 g/mol. The zero-order chi connectivity index (χ0) is 15.4. The predicted molar refractivity (Wildman–Crippen MR) is 90.0 cm³/mol. The van der Waals surface area contributed by atoms with Crippen molar-refractivity contribution in [2.24, 2.45) is 0 Å². The van der Waals surface area contributed by atoms with E-state index in [-0.39, 0.29) is 5.97 Å². The fraction of sp³-hybridized carbons (Fsp3) is 0.150. The van der Waals surface area contributed by atoms with Gasteiger partial charge in [0.15, 0.2) is 0 Å². The number of esters is 1. The minimum absolute atomic E-state index is 0.245. The van der Waals surface area contributed by atoms with Crippen LogP contribution in [0.4, 0.5) is 0 Å². The summed E-state index contributed by atoms with van der Waals surface area (Å²) >= 11 is 0. The third-order valence-corrected chi connectivity index (χ3v) is 3.61. The third-order valence-electron chi connectivity index (χ3n) is 3.61. The van der Waals surface area contributed by atoms with Gasteiger partial charge in [-0.1, -0.05) is 61.5 Å². The second-order valence-electron chi connectivity index (χ2n) is 5.25. The Morgan fingerprint density at radius 3 is 2.41 bits per heavy atom. The maximum absolute atomic E-state index is 12.2. The Balaban J connectivity index is 2.00. The number of carbonyl (C=O) groups is 1. The van der Waals surface area contributed by atoms with Crippen molar-refractivity contribution in [3.63, 3.8) is 0 Å². The van der Waals surface area contributed by atoms with E-state index in [9.17, 15) is 4.79 Å². The number of hydrogen-bond donors (Lipinski definition) is 0. The van der Waals surface area contributed by atoms with Crippen LogP contribution in [0.5, 0.6) is 0 Å². The van der Waals surface area contributed by atoms with Crippen molar-refractivity contribution in [1.82, 2.24) is 0 Å². The van der Waals surface area contributed by atoms with Crippen LogP contribution in [0.1, 0.15) is 30.0 Å². The summed E-state index contributed by atoms with van der Waals surface area (Å²) in [6.07, 6.45) is 4.85. The van der Waals surface area contributed by atoms with Crippen LogP contribution in [-0.4, -0.2) is 12.6 Å². The fourth-order valence-electron chi connectivity index (χ4n) is 2.57. The molecule has 2 nitrogen and oxygen atoms in total. The van der Waals surface area contributed by atoms with E-state index in [1.54, 1.807) is 0 Å². The van der Waals surface area contributed by atoms with Crippen LogP contribution in [0, 0.1) is 0 Å². The normalized spacial score (nSPS) is 14.6. The predicted octanol–water partition coefficient (Wildman–Crippen LogP) is 4.58. The van der Waals surface area contributed by atoms with Gasteiger partial charge in [-0.15, -0.1) is 0 Å². The van der Waals surface area contributed by atoms with Crippen LogP contribution in [-0.2, 0) is 9.53 Å². The molecule has 0 spiro atoms. The first-order chi connectivity index (χ1) is 10.8. The molecule has 2 aromatic rings. The first-order valence-electron chi connectivity index (χ1n) is 7.55. The molecular formula is C20H18O2. The van der Waals surface area contributed by atoms with Gasteiger partial charge >= 0.3 is 5.97 Å². The first-order valence-corrected chi connectivity index (χ1v) is 7.55. The molecule has 2 aromatic carbocycles. The Hall–Kier alpha value is -2.61. The molecule has 0 radical (unpaired) electrons. The molecule has 0 aromatic heterocycles. The molecule has 0 amide bonds. The van der Waals surface area contributed by atoms with Crippen LogP contribution in [0.3, 0.4) is 0 Å². The molecule has 0 unspecified atom stereocenters. The quantitative estimate of drug-likeness (QED) is 0.771.